The van der Waals surface area contributed by atoms with Crippen LogP contribution < -0.4 is 16.6 Å². The first-order chi connectivity index (χ1) is 7.84. The van der Waals surface area contributed by atoms with Crippen molar-refractivity contribution in [3.05, 3.63) is 40.7 Å². The monoisotopic (exact) mass is 263 g/mol. The summed E-state index contributed by atoms with van der Waals surface area (Å²) in [6, 6.07) is 1.90. The van der Waals surface area contributed by atoms with Crippen LogP contribution in [0.2, 0.25) is 5.02 Å². The molecular formula is C9H8ClF2N3O2. The molecule has 1 aromatic carbocycles. The number of nitrogens with two attached hydrogens (primary N) is 2. The van der Waals surface area contributed by atoms with Crippen LogP contribution in [0, 0.1) is 11.6 Å². The molecule has 8 heteroatoms. The summed E-state index contributed by atoms with van der Waals surface area (Å²) in [4.78, 5) is 10.4. The average Bonchev–Trinajstić information content (AvgIpc) is 2.24. The van der Waals surface area contributed by atoms with E-state index in [0.717, 1.165) is 12.1 Å². The van der Waals surface area contributed by atoms with Crippen LogP contribution in [0.15, 0.2) is 24.0 Å². The number of aliphatic carboxylic acids is 1. The van der Waals surface area contributed by atoms with Crippen molar-refractivity contribution in [2.24, 2.45) is 11.6 Å². The van der Waals surface area contributed by atoms with Gasteiger partial charge in [0.1, 0.15) is 11.4 Å². The summed E-state index contributed by atoms with van der Waals surface area (Å²) in [7, 11) is 0. The van der Waals surface area contributed by atoms with E-state index in [0.29, 0.717) is 11.2 Å². The third-order valence-corrected chi connectivity index (χ3v) is 2.10. The van der Waals surface area contributed by atoms with E-state index >= 15 is 0 Å². The predicted molar refractivity (Wildman–Crippen MR) is 57.9 cm³/mol. The van der Waals surface area contributed by atoms with Gasteiger partial charge >= 0.3 is 5.97 Å². The molecular weight excluding hydrogens is 256 g/mol. The quantitative estimate of drug-likeness (QED) is 0.330. The van der Waals surface area contributed by atoms with E-state index in [1.807, 2.05) is 0 Å². The van der Waals surface area contributed by atoms with Crippen molar-refractivity contribution in [2.45, 2.75) is 0 Å². The number of rotatable bonds is 3. The first-order valence-corrected chi connectivity index (χ1v) is 4.60. The predicted octanol–water partition coefficient (Wildman–Crippen LogP) is 1.18. The zero-order valence-electron chi connectivity index (χ0n) is 8.32. The second-order valence-corrected chi connectivity index (χ2v) is 3.40. The molecule has 0 aliphatic heterocycles. The summed E-state index contributed by atoms with van der Waals surface area (Å²) >= 11 is 5.44. The number of hydrogen-bond donors (Lipinski definition) is 3. The first-order valence-electron chi connectivity index (χ1n) is 4.22. The minimum Gasteiger partial charge on any atom is -0.477 e. The zero-order chi connectivity index (χ0) is 13.2. The van der Waals surface area contributed by atoms with Gasteiger partial charge in [-0.3, -0.25) is 5.01 Å². The Morgan fingerprint density at radius 3 is 2.59 bits per heavy atom. The van der Waals surface area contributed by atoms with E-state index in [1.54, 1.807) is 0 Å². The second kappa shape index (κ2) is 4.98. The number of hydrazine groups is 1. The van der Waals surface area contributed by atoms with E-state index in [9.17, 15) is 13.6 Å². The summed E-state index contributed by atoms with van der Waals surface area (Å²) < 4.78 is 26.7. The minimum absolute atomic E-state index is 0.348. The molecule has 0 amide bonds. The van der Waals surface area contributed by atoms with Crippen molar-refractivity contribution in [1.82, 2.24) is 0 Å². The van der Waals surface area contributed by atoms with Crippen LogP contribution in [-0.4, -0.2) is 11.1 Å². The Labute approximate surface area is 99.8 Å². The zero-order valence-corrected chi connectivity index (χ0v) is 9.08. The molecule has 0 spiro atoms. The first kappa shape index (κ1) is 13.2. The Kier molecular flexibility index (Phi) is 3.87. The topological polar surface area (TPSA) is 92.6 Å². The Morgan fingerprint density at radius 1 is 1.47 bits per heavy atom. The molecule has 0 fully saturated rings. The van der Waals surface area contributed by atoms with Gasteiger partial charge in [0.2, 0.25) is 0 Å². The number of halogens is 3. The molecule has 0 unspecified atom stereocenters. The number of anilines is 1. The van der Waals surface area contributed by atoms with Crippen LogP contribution in [0.3, 0.4) is 0 Å². The van der Waals surface area contributed by atoms with Crippen molar-refractivity contribution in [3.8, 4) is 0 Å². The molecule has 0 aromatic heterocycles. The average molecular weight is 264 g/mol. The van der Waals surface area contributed by atoms with E-state index in [-0.39, 0.29) is 5.02 Å². The van der Waals surface area contributed by atoms with Crippen LogP contribution in [0.5, 0.6) is 0 Å². The highest BCUT2D eigenvalue weighted by Crippen LogP contribution is 2.27. The molecule has 0 radical (unpaired) electrons. The number of carboxylic acids is 1. The van der Waals surface area contributed by atoms with Gasteiger partial charge in [-0.25, -0.2) is 19.4 Å². The Balaban J connectivity index is 3.21. The molecule has 1 rings (SSSR count). The van der Waals surface area contributed by atoms with Gasteiger partial charge in [-0.1, -0.05) is 11.6 Å². The normalized spacial score (nSPS) is 11.4. The van der Waals surface area contributed by atoms with Gasteiger partial charge in [0, 0.05) is 0 Å². The third kappa shape index (κ3) is 2.83. The van der Waals surface area contributed by atoms with Crippen LogP contribution in [0.1, 0.15) is 0 Å². The number of carbonyl (C=O) groups is 1. The SMILES string of the molecule is N/C(=C\N(N)c1c(F)ccc(Cl)c1F)C(=O)O. The highest BCUT2D eigenvalue weighted by atomic mass is 35.5. The molecule has 0 heterocycles. The van der Waals surface area contributed by atoms with Crippen molar-refractivity contribution < 1.29 is 18.7 Å². The molecule has 0 saturated carbocycles. The Bertz CT molecular complexity index is 493. The van der Waals surface area contributed by atoms with E-state index in [1.165, 1.54) is 0 Å². The fourth-order valence-corrected chi connectivity index (χ4v) is 1.18. The van der Waals surface area contributed by atoms with Crippen molar-refractivity contribution >= 4 is 23.3 Å². The molecule has 5 N–H and O–H groups in total. The summed E-state index contributed by atoms with van der Waals surface area (Å²) in [5.41, 5.74) is 3.69. The van der Waals surface area contributed by atoms with Crippen LogP contribution in [-0.2, 0) is 4.79 Å². The maximum atomic E-state index is 13.5. The molecule has 5 nitrogen and oxygen atoms in total. The van der Waals surface area contributed by atoms with Gasteiger partial charge in [0.15, 0.2) is 11.6 Å². The van der Waals surface area contributed by atoms with Gasteiger partial charge in [0.25, 0.3) is 0 Å². The summed E-state index contributed by atoms with van der Waals surface area (Å²) in [6.07, 6.45) is 0.667. The van der Waals surface area contributed by atoms with Crippen LogP contribution in [0.25, 0.3) is 0 Å². The summed E-state index contributed by atoms with van der Waals surface area (Å²) in [6.45, 7) is 0. The van der Waals surface area contributed by atoms with Crippen LogP contribution >= 0.6 is 11.6 Å². The number of hydrogen-bond acceptors (Lipinski definition) is 4. The Hall–Kier alpha value is -1.86. The number of carboxylic acid groups (broad SMARTS) is 1. The van der Waals surface area contributed by atoms with Gasteiger partial charge in [-0.2, -0.15) is 0 Å². The van der Waals surface area contributed by atoms with Gasteiger partial charge < -0.3 is 10.8 Å². The Morgan fingerprint density at radius 2 is 2.06 bits per heavy atom. The molecule has 1 aromatic rings. The fourth-order valence-electron chi connectivity index (χ4n) is 1.02. The molecule has 0 bridgehead atoms. The molecule has 0 saturated heterocycles. The highest BCUT2D eigenvalue weighted by molar-refractivity contribution is 6.31. The van der Waals surface area contributed by atoms with Gasteiger partial charge in [-0.05, 0) is 12.1 Å². The lowest BCUT2D eigenvalue weighted by atomic mass is 10.3. The largest absolute Gasteiger partial charge is 0.477 e. The third-order valence-electron chi connectivity index (χ3n) is 1.80. The van der Waals surface area contributed by atoms with E-state index in [4.69, 9.17) is 28.3 Å². The van der Waals surface area contributed by atoms with Gasteiger partial charge in [0.05, 0.1) is 11.2 Å². The van der Waals surface area contributed by atoms with Crippen LogP contribution in [0.4, 0.5) is 14.5 Å². The van der Waals surface area contributed by atoms with E-state index < -0.39 is 29.0 Å². The van der Waals surface area contributed by atoms with Crippen molar-refractivity contribution in [2.75, 3.05) is 5.01 Å². The number of benzene rings is 1. The molecule has 0 atom stereocenters. The summed E-state index contributed by atoms with van der Waals surface area (Å²) in [5, 5.41) is 8.55. The maximum Gasteiger partial charge on any atom is 0.353 e. The van der Waals surface area contributed by atoms with Gasteiger partial charge in [-0.15, -0.1) is 0 Å². The fraction of sp³-hybridized carbons (Fsp3) is 0. The standard InChI is InChI=1S/C9H8ClF2N3O2/c10-4-1-2-5(11)8(7(4)12)15(14)3-6(13)9(16)17/h1-3H,13-14H2,(H,16,17)/b6-3-. The second-order valence-electron chi connectivity index (χ2n) is 2.99. The van der Waals surface area contributed by atoms with E-state index in [2.05, 4.69) is 0 Å². The smallest absolute Gasteiger partial charge is 0.353 e. The lowest BCUT2D eigenvalue weighted by molar-refractivity contribution is -0.132. The lowest BCUT2D eigenvalue weighted by Crippen LogP contribution is -2.29. The lowest BCUT2D eigenvalue weighted by Gasteiger charge is -2.16. The molecule has 92 valence electrons. The van der Waals surface area contributed by atoms with Crippen molar-refractivity contribution in [1.29, 1.82) is 0 Å². The molecule has 17 heavy (non-hydrogen) atoms. The van der Waals surface area contributed by atoms with Crippen molar-refractivity contribution in [3.63, 3.8) is 0 Å². The maximum absolute atomic E-state index is 13.5. The molecule has 0 aliphatic rings. The molecule has 0 aliphatic carbocycles. The highest BCUT2D eigenvalue weighted by Gasteiger charge is 2.17. The minimum atomic E-state index is -1.47. The summed E-state index contributed by atoms with van der Waals surface area (Å²) in [5.74, 6) is 1.71. The number of nitrogens with zero attached hydrogens (tertiary/aromatic N) is 1.